The zero-order valence-electron chi connectivity index (χ0n) is 20.0. The first kappa shape index (κ1) is 25.1. The first-order chi connectivity index (χ1) is 17.7. The number of aromatic amines is 1. The fourth-order valence-corrected chi connectivity index (χ4v) is 5.14. The Bertz CT molecular complexity index is 1500. The van der Waals surface area contributed by atoms with Gasteiger partial charge in [0.15, 0.2) is 0 Å². The van der Waals surface area contributed by atoms with E-state index < -0.39 is 18.8 Å². The first-order valence-electron chi connectivity index (χ1n) is 11.9. The van der Waals surface area contributed by atoms with Crippen molar-refractivity contribution in [3.05, 3.63) is 71.0 Å². The quantitative estimate of drug-likeness (QED) is 0.283. The summed E-state index contributed by atoms with van der Waals surface area (Å²) in [6.45, 7) is 5.21. The lowest BCUT2D eigenvalue weighted by Gasteiger charge is -2.22. The van der Waals surface area contributed by atoms with Gasteiger partial charge in [-0.3, -0.25) is 9.48 Å². The summed E-state index contributed by atoms with van der Waals surface area (Å²) < 4.78 is 47.2. The molecule has 0 radical (unpaired) electrons. The first-order valence-corrected chi connectivity index (χ1v) is 12.2. The number of H-pyrrole nitrogens is 1. The molecule has 0 aliphatic heterocycles. The molecule has 3 aromatic heterocycles. The SMILES string of the molecule is C=C(c1c(OCC(F)F)ccc(F)c1Cl)c1c[nH]c2ncc(-c3cnn(C4CCC(=O)CC4)c3C)cc12. The van der Waals surface area contributed by atoms with Crippen LogP contribution in [0.3, 0.4) is 0 Å². The van der Waals surface area contributed by atoms with E-state index in [0.717, 1.165) is 35.7 Å². The van der Waals surface area contributed by atoms with Crippen LogP contribution >= 0.6 is 11.6 Å². The van der Waals surface area contributed by atoms with Crippen LogP contribution < -0.4 is 4.74 Å². The molecule has 0 bridgehead atoms. The minimum Gasteiger partial charge on any atom is -0.487 e. The van der Waals surface area contributed by atoms with Gasteiger partial charge < -0.3 is 9.72 Å². The molecule has 37 heavy (non-hydrogen) atoms. The Kier molecular flexibility index (Phi) is 6.81. The second-order valence-corrected chi connectivity index (χ2v) is 9.47. The molecule has 4 aromatic rings. The van der Waals surface area contributed by atoms with Crippen LogP contribution in [0.2, 0.25) is 5.02 Å². The Hall–Kier alpha value is -3.59. The molecule has 1 aliphatic rings. The highest BCUT2D eigenvalue weighted by Crippen LogP contribution is 2.40. The van der Waals surface area contributed by atoms with Crippen molar-refractivity contribution in [3.63, 3.8) is 0 Å². The van der Waals surface area contributed by atoms with E-state index in [-0.39, 0.29) is 28.2 Å². The van der Waals surface area contributed by atoms with Gasteiger partial charge in [0.25, 0.3) is 6.43 Å². The van der Waals surface area contributed by atoms with E-state index in [2.05, 4.69) is 21.6 Å². The monoisotopic (exact) mass is 528 g/mol. The Balaban J connectivity index is 1.52. The molecule has 1 N–H and O–H groups in total. The van der Waals surface area contributed by atoms with E-state index >= 15 is 0 Å². The molecule has 1 fully saturated rings. The predicted octanol–water partition coefficient (Wildman–Crippen LogP) is 6.92. The minimum atomic E-state index is -2.71. The van der Waals surface area contributed by atoms with Gasteiger partial charge in [-0.05, 0) is 43.5 Å². The van der Waals surface area contributed by atoms with Crippen molar-refractivity contribution >= 4 is 34.0 Å². The molecular weight excluding hydrogens is 505 g/mol. The summed E-state index contributed by atoms with van der Waals surface area (Å²) in [6, 6.07) is 4.43. The molecule has 6 nitrogen and oxygen atoms in total. The van der Waals surface area contributed by atoms with Crippen molar-refractivity contribution in [1.82, 2.24) is 19.7 Å². The average molecular weight is 529 g/mol. The van der Waals surface area contributed by atoms with E-state index in [4.69, 9.17) is 16.3 Å². The van der Waals surface area contributed by atoms with Gasteiger partial charge in [0.2, 0.25) is 0 Å². The molecule has 0 saturated heterocycles. The van der Waals surface area contributed by atoms with Crippen molar-refractivity contribution in [2.75, 3.05) is 6.61 Å². The van der Waals surface area contributed by atoms with Crippen LogP contribution in [0.15, 0.2) is 43.4 Å². The van der Waals surface area contributed by atoms with E-state index in [1.165, 1.54) is 6.07 Å². The predicted molar refractivity (Wildman–Crippen MR) is 136 cm³/mol. The number of benzene rings is 1. The van der Waals surface area contributed by atoms with Crippen LogP contribution in [0.4, 0.5) is 13.2 Å². The number of fused-ring (bicyclic) bond motifs is 1. The number of ketones is 1. The van der Waals surface area contributed by atoms with Crippen molar-refractivity contribution in [2.45, 2.75) is 45.1 Å². The fourth-order valence-electron chi connectivity index (χ4n) is 4.87. The molecule has 1 aliphatic carbocycles. The number of hydrogen-bond donors (Lipinski definition) is 1. The lowest BCUT2D eigenvalue weighted by atomic mass is 9.94. The molecular formula is C27H24ClF3N4O2. The summed E-state index contributed by atoms with van der Waals surface area (Å²) in [4.78, 5) is 19.3. The Morgan fingerprint density at radius 2 is 2.05 bits per heavy atom. The van der Waals surface area contributed by atoms with Gasteiger partial charge in [0, 0.05) is 58.6 Å². The number of nitrogens with one attached hydrogen (secondary N) is 1. The van der Waals surface area contributed by atoms with Crippen LogP contribution in [0.1, 0.15) is 48.5 Å². The highest BCUT2D eigenvalue weighted by molar-refractivity contribution is 6.33. The second-order valence-electron chi connectivity index (χ2n) is 9.10. The summed E-state index contributed by atoms with van der Waals surface area (Å²) in [5.74, 6) is -0.413. The van der Waals surface area contributed by atoms with Gasteiger partial charge in [0.05, 0.1) is 17.3 Å². The third kappa shape index (κ3) is 4.75. The number of alkyl halides is 2. The molecule has 0 atom stereocenters. The normalized spacial score (nSPS) is 14.6. The number of pyridine rings is 1. The molecule has 1 saturated carbocycles. The van der Waals surface area contributed by atoms with E-state index in [0.29, 0.717) is 35.0 Å². The number of ether oxygens (including phenoxy) is 1. The zero-order chi connectivity index (χ0) is 26.3. The maximum atomic E-state index is 14.4. The Labute approximate surface area is 216 Å². The van der Waals surface area contributed by atoms with Crippen molar-refractivity contribution in [2.24, 2.45) is 0 Å². The van der Waals surface area contributed by atoms with Gasteiger partial charge in [-0.1, -0.05) is 18.2 Å². The molecule has 3 heterocycles. The molecule has 5 rings (SSSR count). The number of carbonyl (C=O) groups excluding carboxylic acids is 1. The van der Waals surface area contributed by atoms with Gasteiger partial charge in [-0.15, -0.1) is 0 Å². The van der Waals surface area contributed by atoms with Gasteiger partial charge in [-0.25, -0.2) is 18.2 Å². The minimum absolute atomic E-state index is 0.0123. The third-order valence-corrected chi connectivity index (χ3v) is 7.16. The third-order valence-electron chi connectivity index (χ3n) is 6.79. The van der Waals surface area contributed by atoms with Gasteiger partial charge in [-0.2, -0.15) is 5.10 Å². The highest BCUT2D eigenvalue weighted by Gasteiger charge is 2.24. The van der Waals surface area contributed by atoms with Crippen molar-refractivity contribution < 1.29 is 22.7 Å². The number of hydrogen-bond acceptors (Lipinski definition) is 4. The number of halogens is 4. The zero-order valence-corrected chi connectivity index (χ0v) is 20.8. The molecule has 0 spiro atoms. The maximum absolute atomic E-state index is 14.4. The summed E-state index contributed by atoms with van der Waals surface area (Å²) in [5.41, 5.74) is 4.23. The van der Waals surface area contributed by atoms with Crippen molar-refractivity contribution in [1.29, 1.82) is 0 Å². The number of rotatable bonds is 7. The van der Waals surface area contributed by atoms with Crippen LogP contribution in [0.5, 0.6) is 5.75 Å². The molecule has 10 heteroatoms. The van der Waals surface area contributed by atoms with Crippen LogP contribution in [-0.2, 0) is 4.79 Å². The van der Waals surface area contributed by atoms with Crippen LogP contribution in [-0.4, -0.2) is 38.6 Å². The topological polar surface area (TPSA) is 72.8 Å². The molecule has 1 aromatic carbocycles. The molecule has 0 amide bonds. The lowest BCUT2D eigenvalue weighted by molar-refractivity contribution is -0.120. The highest BCUT2D eigenvalue weighted by atomic mass is 35.5. The van der Waals surface area contributed by atoms with Gasteiger partial charge in [0.1, 0.15) is 29.6 Å². The number of Topliss-reactive ketones (excluding diaryl/α,β-unsaturated/α-hetero) is 1. The number of nitrogens with zero attached hydrogens (tertiary/aromatic N) is 3. The van der Waals surface area contributed by atoms with E-state index in [9.17, 15) is 18.0 Å². The maximum Gasteiger partial charge on any atom is 0.272 e. The fraction of sp³-hybridized carbons (Fsp3) is 0.296. The lowest BCUT2D eigenvalue weighted by Crippen LogP contribution is -2.19. The molecule has 0 unspecified atom stereocenters. The Morgan fingerprint density at radius 1 is 1.30 bits per heavy atom. The smallest absolute Gasteiger partial charge is 0.272 e. The summed E-state index contributed by atoms with van der Waals surface area (Å²) >= 11 is 6.25. The summed E-state index contributed by atoms with van der Waals surface area (Å²) in [6.07, 6.45) is 5.14. The van der Waals surface area contributed by atoms with E-state index in [1.54, 1.807) is 18.6 Å². The standard InChI is InChI=1S/C27H24ClF3N4O2/c1-14(25-23(37-13-24(30)31)8-7-22(29)26(25)28)20-11-33-27-19(20)9-16(10-32-27)21-12-34-35(15(21)2)17-3-5-18(36)6-4-17/h7-12,17,24H,1,3-6,13H2,2H3,(H,32,33). The van der Waals surface area contributed by atoms with Gasteiger partial charge >= 0.3 is 0 Å². The number of aromatic nitrogens is 4. The second kappa shape index (κ2) is 10.0. The van der Waals surface area contributed by atoms with Crippen LogP contribution in [0, 0.1) is 12.7 Å². The summed E-state index contributed by atoms with van der Waals surface area (Å²) in [5, 5.41) is 5.02. The van der Waals surface area contributed by atoms with Crippen molar-refractivity contribution in [3.8, 4) is 16.9 Å². The Morgan fingerprint density at radius 3 is 2.78 bits per heavy atom. The average Bonchev–Trinajstić information content (AvgIpc) is 3.48. The molecule has 192 valence electrons. The summed E-state index contributed by atoms with van der Waals surface area (Å²) in [7, 11) is 0. The van der Waals surface area contributed by atoms with E-state index in [1.807, 2.05) is 17.7 Å². The largest absolute Gasteiger partial charge is 0.487 e. The van der Waals surface area contributed by atoms with Crippen LogP contribution in [0.25, 0.3) is 27.7 Å². The number of carbonyl (C=O) groups is 1.